The standard InChI is InChI=1S/C18H15ClN2O3/c19-15-9-5-4-6-13(15)10-11-17(22)23-12-16-20-18(21-24-16)14-7-2-1-3-8-14/h1-9H,10-12H2. The maximum Gasteiger partial charge on any atom is 0.306 e. The molecule has 1 aromatic heterocycles. The van der Waals surface area contributed by atoms with E-state index >= 15 is 0 Å². The third-order valence-electron chi connectivity index (χ3n) is 3.41. The van der Waals surface area contributed by atoms with Gasteiger partial charge in [0, 0.05) is 17.0 Å². The van der Waals surface area contributed by atoms with Crippen LogP contribution < -0.4 is 0 Å². The van der Waals surface area contributed by atoms with Crippen LogP contribution in [0.3, 0.4) is 0 Å². The van der Waals surface area contributed by atoms with E-state index in [2.05, 4.69) is 10.1 Å². The number of benzene rings is 2. The van der Waals surface area contributed by atoms with Gasteiger partial charge in [-0.2, -0.15) is 4.98 Å². The Balaban J connectivity index is 1.50. The first-order valence-corrected chi connectivity index (χ1v) is 7.87. The van der Waals surface area contributed by atoms with Crippen LogP contribution >= 0.6 is 11.6 Å². The van der Waals surface area contributed by atoms with E-state index in [0.29, 0.717) is 17.3 Å². The Morgan fingerprint density at radius 1 is 1.08 bits per heavy atom. The predicted molar refractivity (Wildman–Crippen MR) is 89.3 cm³/mol. The number of nitrogens with zero attached hydrogens (tertiary/aromatic N) is 2. The molecule has 0 aliphatic rings. The summed E-state index contributed by atoms with van der Waals surface area (Å²) in [5.41, 5.74) is 1.76. The molecule has 0 N–H and O–H groups in total. The molecule has 0 bridgehead atoms. The minimum atomic E-state index is -0.339. The highest BCUT2D eigenvalue weighted by atomic mass is 35.5. The van der Waals surface area contributed by atoms with E-state index in [1.54, 1.807) is 6.07 Å². The van der Waals surface area contributed by atoms with Crippen molar-refractivity contribution in [2.45, 2.75) is 19.4 Å². The summed E-state index contributed by atoms with van der Waals surface area (Å²) >= 11 is 6.06. The lowest BCUT2D eigenvalue weighted by Gasteiger charge is -2.04. The summed E-state index contributed by atoms with van der Waals surface area (Å²) in [7, 11) is 0. The molecule has 0 amide bonds. The van der Waals surface area contributed by atoms with E-state index in [0.717, 1.165) is 11.1 Å². The first kappa shape index (κ1) is 16.2. The van der Waals surface area contributed by atoms with Crippen molar-refractivity contribution in [3.8, 4) is 11.4 Å². The van der Waals surface area contributed by atoms with E-state index in [4.69, 9.17) is 20.9 Å². The number of aromatic nitrogens is 2. The van der Waals surface area contributed by atoms with Gasteiger partial charge in [0.25, 0.3) is 5.89 Å². The van der Waals surface area contributed by atoms with Crippen LogP contribution in [0.15, 0.2) is 59.1 Å². The Kier molecular flexibility index (Phi) is 5.23. The van der Waals surface area contributed by atoms with Crippen LogP contribution in [-0.4, -0.2) is 16.1 Å². The summed E-state index contributed by atoms with van der Waals surface area (Å²) in [4.78, 5) is 16.0. The Bertz CT molecular complexity index is 818. The van der Waals surface area contributed by atoms with Crippen molar-refractivity contribution >= 4 is 17.6 Å². The molecule has 0 saturated heterocycles. The predicted octanol–water partition coefficient (Wildman–Crippen LogP) is 4.07. The molecule has 0 aliphatic carbocycles. The fraction of sp³-hybridized carbons (Fsp3) is 0.167. The van der Waals surface area contributed by atoms with E-state index in [9.17, 15) is 4.79 Å². The molecule has 0 fully saturated rings. The normalized spacial score (nSPS) is 10.5. The largest absolute Gasteiger partial charge is 0.456 e. The zero-order valence-electron chi connectivity index (χ0n) is 12.8. The van der Waals surface area contributed by atoms with Crippen LogP contribution in [-0.2, 0) is 22.6 Å². The maximum absolute atomic E-state index is 11.8. The quantitative estimate of drug-likeness (QED) is 0.632. The van der Waals surface area contributed by atoms with E-state index in [1.807, 2.05) is 48.5 Å². The number of esters is 1. The van der Waals surface area contributed by atoms with Gasteiger partial charge in [-0.25, -0.2) is 0 Å². The molecule has 3 aromatic rings. The van der Waals surface area contributed by atoms with Gasteiger partial charge in [-0.1, -0.05) is 65.3 Å². The number of hydrogen-bond acceptors (Lipinski definition) is 5. The van der Waals surface area contributed by atoms with Crippen LogP contribution in [0.1, 0.15) is 17.9 Å². The number of hydrogen-bond donors (Lipinski definition) is 0. The zero-order valence-corrected chi connectivity index (χ0v) is 13.6. The van der Waals surface area contributed by atoms with Gasteiger partial charge in [-0.05, 0) is 18.1 Å². The van der Waals surface area contributed by atoms with Crippen molar-refractivity contribution in [3.05, 3.63) is 71.1 Å². The molecule has 0 saturated carbocycles. The minimum absolute atomic E-state index is 0.0405. The zero-order chi connectivity index (χ0) is 16.8. The Morgan fingerprint density at radius 2 is 1.83 bits per heavy atom. The highest BCUT2D eigenvalue weighted by Crippen LogP contribution is 2.17. The van der Waals surface area contributed by atoms with Crippen molar-refractivity contribution in [1.82, 2.24) is 10.1 Å². The monoisotopic (exact) mass is 342 g/mol. The van der Waals surface area contributed by atoms with Crippen molar-refractivity contribution in [2.75, 3.05) is 0 Å². The van der Waals surface area contributed by atoms with E-state index in [1.165, 1.54) is 0 Å². The summed E-state index contributed by atoms with van der Waals surface area (Å²) in [6.45, 7) is -0.0405. The Hall–Kier alpha value is -2.66. The fourth-order valence-electron chi connectivity index (χ4n) is 2.17. The highest BCUT2D eigenvalue weighted by molar-refractivity contribution is 6.31. The Labute approximate surface area is 144 Å². The topological polar surface area (TPSA) is 65.2 Å². The van der Waals surface area contributed by atoms with Crippen LogP contribution in [0, 0.1) is 0 Å². The second-order valence-electron chi connectivity index (χ2n) is 5.13. The third kappa shape index (κ3) is 4.20. The molecule has 1 heterocycles. The lowest BCUT2D eigenvalue weighted by molar-refractivity contribution is -0.145. The molecule has 5 nitrogen and oxygen atoms in total. The lowest BCUT2D eigenvalue weighted by atomic mass is 10.1. The first-order chi connectivity index (χ1) is 11.7. The van der Waals surface area contributed by atoms with Crippen molar-refractivity contribution in [3.63, 3.8) is 0 Å². The van der Waals surface area contributed by atoms with E-state index in [-0.39, 0.29) is 24.9 Å². The molecule has 0 aliphatic heterocycles. The molecule has 6 heteroatoms. The molecule has 122 valence electrons. The smallest absolute Gasteiger partial charge is 0.306 e. The van der Waals surface area contributed by atoms with Crippen LogP contribution in [0.4, 0.5) is 0 Å². The number of halogens is 1. The van der Waals surface area contributed by atoms with Gasteiger partial charge in [-0.15, -0.1) is 0 Å². The molecule has 24 heavy (non-hydrogen) atoms. The SMILES string of the molecule is O=C(CCc1ccccc1Cl)OCc1nc(-c2ccccc2)no1. The molecule has 3 rings (SSSR count). The fourth-order valence-corrected chi connectivity index (χ4v) is 2.40. The summed E-state index contributed by atoms with van der Waals surface area (Å²) in [6, 6.07) is 16.9. The molecule has 2 aromatic carbocycles. The second-order valence-corrected chi connectivity index (χ2v) is 5.54. The summed E-state index contributed by atoms with van der Waals surface area (Å²) in [6.07, 6.45) is 0.765. The van der Waals surface area contributed by atoms with Crippen molar-refractivity contribution < 1.29 is 14.1 Å². The Morgan fingerprint density at radius 3 is 2.62 bits per heavy atom. The maximum atomic E-state index is 11.8. The molecule has 0 spiro atoms. The average molecular weight is 343 g/mol. The van der Waals surface area contributed by atoms with Crippen molar-refractivity contribution in [2.24, 2.45) is 0 Å². The van der Waals surface area contributed by atoms with Crippen LogP contribution in [0.2, 0.25) is 5.02 Å². The molecular weight excluding hydrogens is 328 g/mol. The molecular formula is C18H15ClN2O3. The second kappa shape index (κ2) is 7.75. The van der Waals surface area contributed by atoms with E-state index < -0.39 is 0 Å². The molecule has 0 atom stereocenters. The number of carbonyl (C=O) groups excluding carboxylic acids is 1. The van der Waals surface area contributed by atoms with Gasteiger partial charge < -0.3 is 9.26 Å². The number of aryl methyl sites for hydroxylation is 1. The van der Waals surface area contributed by atoms with Gasteiger partial charge in [0.2, 0.25) is 5.82 Å². The van der Waals surface area contributed by atoms with Gasteiger partial charge in [0.15, 0.2) is 6.61 Å². The van der Waals surface area contributed by atoms with Gasteiger partial charge in [0.05, 0.1) is 0 Å². The summed E-state index contributed by atoms with van der Waals surface area (Å²) in [5.74, 6) is 0.395. The van der Waals surface area contributed by atoms with Crippen LogP contribution in [0.25, 0.3) is 11.4 Å². The molecule has 0 radical (unpaired) electrons. The van der Waals surface area contributed by atoms with Gasteiger partial charge >= 0.3 is 5.97 Å². The van der Waals surface area contributed by atoms with Gasteiger partial charge in [0.1, 0.15) is 0 Å². The number of ether oxygens (including phenoxy) is 1. The third-order valence-corrected chi connectivity index (χ3v) is 3.78. The average Bonchev–Trinajstić information content (AvgIpc) is 3.09. The first-order valence-electron chi connectivity index (χ1n) is 7.49. The van der Waals surface area contributed by atoms with Gasteiger partial charge in [-0.3, -0.25) is 4.79 Å². The minimum Gasteiger partial charge on any atom is -0.456 e. The molecule has 0 unspecified atom stereocenters. The lowest BCUT2D eigenvalue weighted by Crippen LogP contribution is -2.06. The van der Waals surface area contributed by atoms with Crippen molar-refractivity contribution in [1.29, 1.82) is 0 Å². The summed E-state index contributed by atoms with van der Waals surface area (Å²) in [5, 5.41) is 4.52. The number of rotatable bonds is 6. The highest BCUT2D eigenvalue weighted by Gasteiger charge is 2.11. The number of carbonyl (C=O) groups is 1. The van der Waals surface area contributed by atoms with Crippen LogP contribution in [0.5, 0.6) is 0 Å². The summed E-state index contributed by atoms with van der Waals surface area (Å²) < 4.78 is 10.3.